The average Bonchev–Trinajstić information content (AvgIpc) is 2.74. The van der Waals surface area contributed by atoms with E-state index < -0.39 is 0 Å². The van der Waals surface area contributed by atoms with Crippen LogP contribution in [-0.2, 0) is 6.54 Å². The van der Waals surface area contributed by atoms with Gasteiger partial charge in [0, 0.05) is 11.6 Å². The van der Waals surface area contributed by atoms with E-state index in [1.54, 1.807) is 23.7 Å². The maximum absolute atomic E-state index is 12.4. The van der Waals surface area contributed by atoms with Crippen LogP contribution in [0.2, 0.25) is 5.02 Å². The van der Waals surface area contributed by atoms with Crippen LogP contribution in [0.25, 0.3) is 0 Å². The lowest BCUT2D eigenvalue weighted by molar-refractivity contribution is 0.0930. The van der Waals surface area contributed by atoms with E-state index in [2.05, 4.69) is 10.4 Å². The fourth-order valence-electron chi connectivity index (χ4n) is 2.16. The van der Waals surface area contributed by atoms with Gasteiger partial charge in [0.1, 0.15) is 5.69 Å². The molecule has 0 aliphatic carbocycles. The summed E-state index contributed by atoms with van der Waals surface area (Å²) in [4.78, 5) is 12.4. The minimum Gasteiger partial charge on any atom is -0.395 e. The van der Waals surface area contributed by atoms with Crippen molar-refractivity contribution in [3.8, 4) is 0 Å². The van der Waals surface area contributed by atoms with Crippen molar-refractivity contribution in [2.75, 3.05) is 5.73 Å². The van der Waals surface area contributed by atoms with Crippen LogP contribution >= 0.6 is 11.6 Å². The second-order valence-electron chi connectivity index (χ2n) is 4.91. The molecule has 3 N–H and O–H groups in total. The first-order valence-corrected chi connectivity index (χ1v) is 7.21. The Morgan fingerprint density at radius 3 is 2.62 bits per heavy atom. The molecular weight excluding hydrogens is 288 g/mol. The number of aryl methyl sites for hydroxylation is 2. The molecule has 0 aliphatic rings. The number of carbonyl (C=O) groups excluding carboxylic acids is 1. The van der Waals surface area contributed by atoms with Crippen LogP contribution in [0.1, 0.15) is 41.6 Å². The minimum absolute atomic E-state index is 0.144. The zero-order valence-electron chi connectivity index (χ0n) is 12.4. The number of aromatic nitrogens is 2. The third-order valence-electron chi connectivity index (χ3n) is 3.41. The van der Waals surface area contributed by atoms with E-state index in [1.165, 1.54) is 0 Å². The molecule has 1 amide bonds. The summed E-state index contributed by atoms with van der Waals surface area (Å²) in [7, 11) is 0. The van der Waals surface area contributed by atoms with E-state index in [1.807, 2.05) is 26.0 Å². The van der Waals surface area contributed by atoms with Gasteiger partial charge < -0.3 is 11.1 Å². The Morgan fingerprint density at radius 2 is 2.05 bits per heavy atom. The fourth-order valence-corrected chi connectivity index (χ4v) is 2.29. The summed E-state index contributed by atoms with van der Waals surface area (Å²) in [6.07, 6.45) is 0. The Hall–Kier alpha value is -2.01. The monoisotopic (exact) mass is 306 g/mol. The van der Waals surface area contributed by atoms with Gasteiger partial charge in [-0.1, -0.05) is 23.7 Å². The van der Waals surface area contributed by atoms with Gasteiger partial charge in [0.25, 0.3) is 5.91 Å². The van der Waals surface area contributed by atoms with Gasteiger partial charge in [0.05, 0.1) is 17.4 Å². The first kappa shape index (κ1) is 15.4. The largest absolute Gasteiger partial charge is 0.395 e. The van der Waals surface area contributed by atoms with Crippen LogP contribution in [0.4, 0.5) is 5.69 Å². The van der Waals surface area contributed by atoms with Crippen LogP contribution in [0.15, 0.2) is 24.3 Å². The maximum atomic E-state index is 12.4. The van der Waals surface area contributed by atoms with Crippen LogP contribution in [0.5, 0.6) is 0 Å². The van der Waals surface area contributed by atoms with Gasteiger partial charge in [-0.2, -0.15) is 5.10 Å². The van der Waals surface area contributed by atoms with Crippen molar-refractivity contribution in [1.82, 2.24) is 15.1 Å². The number of benzene rings is 1. The van der Waals surface area contributed by atoms with Crippen LogP contribution in [0.3, 0.4) is 0 Å². The van der Waals surface area contributed by atoms with Crippen LogP contribution in [-0.4, -0.2) is 15.7 Å². The third-order valence-corrected chi connectivity index (χ3v) is 3.66. The average molecular weight is 307 g/mol. The number of nitrogen functional groups attached to an aromatic ring is 1. The number of carbonyl (C=O) groups is 1. The molecule has 0 fully saturated rings. The van der Waals surface area contributed by atoms with Gasteiger partial charge in [-0.05, 0) is 38.5 Å². The molecule has 0 bridgehead atoms. The number of rotatable bonds is 4. The zero-order chi connectivity index (χ0) is 15.6. The molecule has 1 aromatic heterocycles. The van der Waals surface area contributed by atoms with Crippen molar-refractivity contribution in [1.29, 1.82) is 0 Å². The van der Waals surface area contributed by atoms with Crippen molar-refractivity contribution < 1.29 is 4.79 Å². The SMILES string of the molecule is CCn1nc(C)c(N)c1C(=O)NC(C)c1ccc(Cl)cc1. The summed E-state index contributed by atoms with van der Waals surface area (Å²) in [6.45, 7) is 6.22. The van der Waals surface area contributed by atoms with E-state index in [0.717, 1.165) is 5.56 Å². The molecule has 5 nitrogen and oxygen atoms in total. The molecule has 0 saturated carbocycles. The normalized spacial score (nSPS) is 12.2. The van der Waals surface area contributed by atoms with E-state index in [-0.39, 0.29) is 11.9 Å². The number of nitrogens with two attached hydrogens (primary N) is 1. The molecule has 2 rings (SSSR count). The topological polar surface area (TPSA) is 72.9 Å². The third kappa shape index (κ3) is 3.19. The highest BCUT2D eigenvalue weighted by atomic mass is 35.5. The Balaban J connectivity index is 2.20. The standard InChI is InChI=1S/C15H19ClN4O/c1-4-20-14(13(17)10(3)19-20)15(21)18-9(2)11-5-7-12(16)8-6-11/h5-9H,4,17H2,1-3H3,(H,18,21). The van der Waals surface area contributed by atoms with E-state index in [4.69, 9.17) is 17.3 Å². The van der Waals surface area contributed by atoms with Gasteiger partial charge in [-0.3, -0.25) is 9.48 Å². The molecule has 2 aromatic rings. The van der Waals surface area contributed by atoms with Gasteiger partial charge in [0.2, 0.25) is 0 Å². The van der Waals surface area contributed by atoms with E-state index >= 15 is 0 Å². The zero-order valence-corrected chi connectivity index (χ0v) is 13.1. The van der Waals surface area contributed by atoms with Crippen molar-refractivity contribution >= 4 is 23.2 Å². The Kier molecular flexibility index (Phi) is 4.53. The molecule has 1 aromatic carbocycles. The molecular formula is C15H19ClN4O. The van der Waals surface area contributed by atoms with Crippen molar-refractivity contribution in [2.24, 2.45) is 0 Å². The lowest BCUT2D eigenvalue weighted by Gasteiger charge is -2.15. The summed E-state index contributed by atoms with van der Waals surface area (Å²) < 4.78 is 1.62. The Morgan fingerprint density at radius 1 is 1.43 bits per heavy atom. The van der Waals surface area contributed by atoms with E-state index in [9.17, 15) is 4.79 Å². The highest BCUT2D eigenvalue weighted by molar-refractivity contribution is 6.30. The van der Waals surface area contributed by atoms with Crippen LogP contribution < -0.4 is 11.1 Å². The van der Waals surface area contributed by atoms with Gasteiger partial charge >= 0.3 is 0 Å². The number of hydrogen-bond donors (Lipinski definition) is 2. The molecule has 0 spiro atoms. The maximum Gasteiger partial charge on any atom is 0.272 e. The molecule has 6 heteroatoms. The summed E-state index contributed by atoms with van der Waals surface area (Å²) in [5.41, 5.74) is 8.44. The van der Waals surface area contributed by atoms with Gasteiger partial charge in [-0.15, -0.1) is 0 Å². The smallest absolute Gasteiger partial charge is 0.272 e. The summed E-state index contributed by atoms with van der Waals surface area (Å²) in [5, 5.41) is 7.86. The minimum atomic E-state index is -0.225. The number of amides is 1. The lowest BCUT2D eigenvalue weighted by Crippen LogP contribution is -2.29. The summed E-state index contributed by atoms with van der Waals surface area (Å²) in [5.74, 6) is -0.225. The molecule has 1 atom stereocenters. The molecule has 1 heterocycles. The molecule has 0 aliphatic heterocycles. The highest BCUT2D eigenvalue weighted by Crippen LogP contribution is 2.19. The Labute approximate surface area is 129 Å². The number of anilines is 1. The molecule has 0 radical (unpaired) electrons. The first-order valence-electron chi connectivity index (χ1n) is 6.83. The van der Waals surface area contributed by atoms with Gasteiger partial charge in [-0.25, -0.2) is 0 Å². The number of hydrogen-bond acceptors (Lipinski definition) is 3. The predicted molar refractivity (Wildman–Crippen MR) is 84.4 cm³/mol. The van der Waals surface area contributed by atoms with Crippen molar-refractivity contribution in [3.05, 3.63) is 46.2 Å². The van der Waals surface area contributed by atoms with Crippen LogP contribution in [0, 0.1) is 6.92 Å². The quantitative estimate of drug-likeness (QED) is 0.912. The van der Waals surface area contributed by atoms with Crippen molar-refractivity contribution in [2.45, 2.75) is 33.4 Å². The lowest BCUT2D eigenvalue weighted by atomic mass is 10.1. The Bertz CT molecular complexity index is 648. The second kappa shape index (κ2) is 6.18. The molecule has 0 saturated heterocycles. The molecule has 21 heavy (non-hydrogen) atoms. The summed E-state index contributed by atoms with van der Waals surface area (Å²) >= 11 is 5.87. The number of halogens is 1. The predicted octanol–water partition coefficient (Wildman–Crippen LogP) is 2.94. The number of nitrogens with one attached hydrogen (secondary N) is 1. The second-order valence-corrected chi connectivity index (χ2v) is 5.35. The van der Waals surface area contributed by atoms with Gasteiger partial charge in [0.15, 0.2) is 0 Å². The first-order chi connectivity index (χ1) is 9.93. The van der Waals surface area contributed by atoms with E-state index in [0.29, 0.717) is 28.6 Å². The fraction of sp³-hybridized carbons (Fsp3) is 0.333. The highest BCUT2D eigenvalue weighted by Gasteiger charge is 2.20. The molecule has 1 unspecified atom stereocenters. The summed E-state index contributed by atoms with van der Waals surface area (Å²) in [6, 6.07) is 7.23. The number of nitrogens with zero attached hydrogens (tertiary/aromatic N) is 2. The van der Waals surface area contributed by atoms with Crippen molar-refractivity contribution in [3.63, 3.8) is 0 Å². The molecule has 112 valence electrons.